The highest BCUT2D eigenvalue weighted by atomic mass is 35.5. The molecule has 82 valence electrons. The van der Waals surface area contributed by atoms with Gasteiger partial charge in [-0.15, -0.1) is 0 Å². The largest absolute Gasteiger partial charge is 0.508 e. The zero-order valence-corrected chi connectivity index (χ0v) is 9.63. The Bertz CT molecular complexity index is 327. The van der Waals surface area contributed by atoms with Crippen molar-refractivity contribution in [3.63, 3.8) is 0 Å². The summed E-state index contributed by atoms with van der Waals surface area (Å²) in [6, 6.07) is 5.38. The molecule has 1 fully saturated rings. The highest BCUT2D eigenvalue weighted by Gasteiger charge is 2.17. The molecule has 0 aliphatic heterocycles. The van der Waals surface area contributed by atoms with Crippen LogP contribution in [0.1, 0.15) is 50.0 Å². The van der Waals surface area contributed by atoms with Crippen molar-refractivity contribution >= 4 is 11.6 Å². The van der Waals surface area contributed by atoms with Gasteiger partial charge in [0.1, 0.15) is 5.75 Å². The molecule has 0 amide bonds. The average Bonchev–Trinajstić information content (AvgIpc) is 2.50. The quantitative estimate of drug-likeness (QED) is 0.698. The monoisotopic (exact) mass is 224 g/mol. The van der Waals surface area contributed by atoms with Crippen molar-refractivity contribution in [1.29, 1.82) is 0 Å². The van der Waals surface area contributed by atoms with Gasteiger partial charge in [-0.05, 0) is 42.5 Å². The first-order valence-corrected chi connectivity index (χ1v) is 6.13. The third kappa shape index (κ3) is 2.66. The lowest BCUT2D eigenvalue weighted by atomic mass is 9.91. The van der Waals surface area contributed by atoms with Crippen molar-refractivity contribution in [2.45, 2.75) is 44.4 Å². The Hall–Kier alpha value is -0.690. The Morgan fingerprint density at radius 1 is 1.07 bits per heavy atom. The maximum Gasteiger partial charge on any atom is 0.119 e. The summed E-state index contributed by atoms with van der Waals surface area (Å²) in [6.07, 6.45) is 7.59. The number of hydrogen-bond acceptors (Lipinski definition) is 1. The second-order valence-electron chi connectivity index (χ2n) is 4.39. The van der Waals surface area contributed by atoms with Gasteiger partial charge in [-0.1, -0.05) is 37.3 Å². The highest BCUT2D eigenvalue weighted by molar-refractivity contribution is 6.30. The maximum absolute atomic E-state index is 9.82. The third-order valence-corrected chi connectivity index (χ3v) is 3.52. The molecular weight excluding hydrogens is 208 g/mol. The number of phenols is 1. The molecule has 1 N–H and O–H groups in total. The van der Waals surface area contributed by atoms with E-state index in [9.17, 15) is 5.11 Å². The van der Waals surface area contributed by atoms with E-state index < -0.39 is 0 Å². The normalized spacial score (nSPS) is 18.7. The van der Waals surface area contributed by atoms with E-state index in [1.807, 2.05) is 6.07 Å². The first kappa shape index (κ1) is 10.8. The molecule has 1 nitrogen and oxygen atoms in total. The zero-order chi connectivity index (χ0) is 10.7. The smallest absolute Gasteiger partial charge is 0.119 e. The number of rotatable bonds is 1. The van der Waals surface area contributed by atoms with E-state index in [-0.39, 0.29) is 0 Å². The van der Waals surface area contributed by atoms with Crippen LogP contribution in [-0.4, -0.2) is 5.11 Å². The van der Waals surface area contributed by atoms with Crippen molar-refractivity contribution in [2.75, 3.05) is 0 Å². The minimum atomic E-state index is 0.409. The van der Waals surface area contributed by atoms with E-state index in [1.54, 1.807) is 12.1 Å². The molecule has 1 aliphatic carbocycles. The Balaban J connectivity index is 2.22. The van der Waals surface area contributed by atoms with Gasteiger partial charge in [-0.3, -0.25) is 0 Å². The summed E-state index contributed by atoms with van der Waals surface area (Å²) in [4.78, 5) is 0. The molecule has 15 heavy (non-hydrogen) atoms. The minimum Gasteiger partial charge on any atom is -0.508 e. The van der Waals surface area contributed by atoms with Crippen LogP contribution in [0.4, 0.5) is 0 Å². The third-order valence-electron chi connectivity index (χ3n) is 3.28. The molecule has 2 rings (SSSR count). The highest BCUT2D eigenvalue weighted by Crippen LogP contribution is 2.37. The summed E-state index contributed by atoms with van der Waals surface area (Å²) >= 11 is 5.97. The van der Waals surface area contributed by atoms with E-state index in [0.717, 1.165) is 10.6 Å². The number of halogens is 1. The maximum atomic E-state index is 9.82. The molecule has 0 atom stereocenters. The fourth-order valence-corrected chi connectivity index (χ4v) is 2.62. The van der Waals surface area contributed by atoms with Crippen LogP contribution in [0.3, 0.4) is 0 Å². The summed E-state index contributed by atoms with van der Waals surface area (Å²) in [7, 11) is 0. The minimum absolute atomic E-state index is 0.409. The molecule has 0 unspecified atom stereocenters. The number of phenolic OH excluding ortho intramolecular Hbond substituents is 1. The molecule has 0 saturated heterocycles. The Morgan fingerprint density at radius 2 is 1.73 bits per heavy atom. The van der Waals surface area contributed by atoms with Crippen LogP contribution in [0.5, 0.6) is 5.75 Å². The lowest BCUT2D eigenvalue weighted by Crippen LogP contribution is -1.97. The fraction of sp³-hybridized carbons (Fsp3) is 0.538. The second kappa shape index (κ2) is 4.89. The van der Waals surface area contributed by atoms with Gasteiger partial charge in [-0.2, -0.15) is 0 Å². The predicted octanol–water partition coefficient (Wildman–Crippen LogP) is 4.48. The van der Waals surface area contributed by atoms with Crippen LogP contribution in [0.2, 0.25) is 5.02 Å². The van der Waals surface area contributed by atoms with Crippen molar-refractivity contribution < 1.29 is 5.11 Å². The van der Waals surface area contributed by atoms with Gasteiger partial charge in [0.2, 0.25) is 0 Å². The number of benzene rings is 1. The fourth-order valence-electron chi connectivity index (χ4n) is 2.44. The van der Waals surface area contributed by atoms with E-state index in [0.29, 0.717) is 11.7 Å². The molecule has 0 radical (unpaired) electrons. The molecular formula is C13H17ClO. The van der Waals surface area contributed by atoms with Gasteiger partial charge in [0.25, 0.3) is 0 Å². The molecule has 0 heterocycles. The van der Waals surface area contributed by atoms with E-state index in [4.69, 9.17) is 11.6 Å². The van der Waals surface area contributed by atoms with Gasteiger partial charge in [0, 0.05) is 5.02 Å². The standard InChI is InChI=1S/C13H17ClO/c14-11-7-8-13(15)12(9-11)10-5-3-1-2-4-6-10/h7-10,15H,1-6H2. The average molecular weight is 225 g/mol. The molecule has 0 aromatic heterocycles. The summed E-state index contributed by atoms with van der Waals surface area (Å²) in [5.41, 5.74) is 1.05. The van der Waals surface area contributed by atoms with Gasteiger partial charge < -0.3 is 5.11 Å². The van der Waals surface area contributed by atoms with Crippen LogP contribution >= 0.6 is 11.6 Å². The topological polar surface area (TPSA) is 20.2 Å². The van der Waals surface area contributed by atoms with Crippen molar-refractivity contribution in [3.8, 4) is 5.75 Å². The summed E-state index contributed by atoms with van der Waals surface area (Å²) < 4.78 is 0. The van der Waals surface area contributed by atoms with E-state index >= 15 is 0 Å². The van der Waals surface area contributed by atoms with Crippen molar-refractivity contribution in [2.24, 2.45) is 0 Å². The van der Waals surface area contributed by atoms with Crippen LogP contribution in [0.15, 0.2) is 18.2 Å². The SMILES string of the molecule is Oc1ccc(Cl)cc1C1CCCCCC1. The zero-order valence-electron chi connectivity index (χ0n) is 8.88. The Kier molecular flexibility index (Phi) is 3.53. The summed E-state index contributed by atoms with van der Waals surface area (Å²) in [5.74, 6) is 0.914. The van der Waals surface area contributed by atoms with Crippen molar-refractivity contribution in [1.82, 2.24) is 0 Å². The van der Waals surface area contributed by atoms with E-state index in [1.165, 1.54) is 38.5 Å². The number of hydrogen-bond donors (Lipinski definition) is 1. The van der Waals surface area contributed by atoms with Crippen LogP contribution < -0.4 is 0 Å². The van der Waals surface area contributed by atoms with E-state index in [2.05, 4.69) is 0 Å². The van der Waals surface area contributed by atoms with Crippen LogP contribution in [0.25, 0.3) is 0 Å². The Labute approximate surface area is 96.1 Å². The molecule has 0 bridgehead atoms. The van der Waals surface area contributed by atoms with Gasteiger partial charge in [0.05, 0.1) is 0 Å². The second-order valence-corrected chi connectivity index (χ2v) is 4.83. The molecule has 1 saturated carbocycles. The van der Waals surface area contributed by atoms with Crippen molar-refractivity contribution in [3.05, 3.63) is 28.8 Å². The predicted molar refractivity (Wildman–Crippen MR) is 63.6 cm³/mol. The summed E-state index contributed by atoms with van der Waals surface area (Å²) in [5, 5.41) is 10.5. The molecule has 0 spiro atoms. The first-order valence-electron chi connectivity index (χ1n) is 5.76. The molecule has 1 aliphatic rings. The Morgan fingerprint density at radius 3 is 2.40 bits per heavy atom. The van der Waals surface area contributed by atoms with Gasteiger partial charge in [-0.25, -0.2) is 0 Å². The van der Waals surface area contributed by atoms with Crippen LogP contribution in [-0.2, 0) is 0 Å². The van der Waals surface area contributed by atoms with Gasteiger partial charge >= 0.3 is 0 Å². The van der Waals surface area contributed by atoms with Crippen LogP contribution in [0, 0.1) is 0 Å². The summed E-state index contributed by atoms with van der Waals surface area (Å²) in [6.45, 7) is 0. The van der Waals surface area contributed by atoms with Gasteiger partial charge in [0.15, 0.2) is 0 Å². The molecule has 2 heteroatoms. The molecule has 1 aromatic carbocycles. The number of aromatic hydroxyl groups is 1. The lowest BCUT2D eigenvalue weighted by Gasteiger charge is -2.16. The first-order chi connectivity index (χ1) is 7.27. The molecule has 1 aromatic rings. The lowest BCUT2D eigenvalue weighted by molar-refractivity contribution is 0.454.